The molecular weight excluding hydrogens is 164 g/mol. The van der Waals surface area contributed by atoms with Crippen molar-refractivity contribution in [3.63, 3.8) is 0 Å². The Morgan fingerprint density at radius 3 is 2.50 bits per heavy atom. The molecule has 6 nitrogen and oxygen atoms in total. The van der Waals surface area contributed by atoms with E-state index in [-0.39, 0.29) is 12.1 Å². The van der Waals surface area contributed by atoms with Gasteiger partial charge < -0.3 is 10.4 Å². The summed E-state index contributed by atoms with van der Waals surface area (Å²) in [5.74, 6) is -1.65. The zero-order valence-electron chi connectivity index (χ0n) is 5.96. The first-order chi connectivity index (χ1) is 5.59. The number of carbonyl (C=O) groups is 3. The number of aliphatic carboxylic acids is 1. The number of carboxylic acid groups (broad SMARTS) is 1. The molecule has 0 aromatic carbocycles. The highest BCUT2D eigenvalue weighted by Crippen LogP contribution is 1.98. The highest BCUT2D eigenvalue weighted by Gasteiger charge is 2.22. The third-order valence-electron chi connectivity index (χ3n) is 1.20. The van der Waals surface area contributed by atoms with Gasteiger partial charge in [0.05, 0.1) is 6.42 Å². The van der Waals surface area contributed by atoms with E-state index in [4.69, 9.17) is 5.11 Å². The Morgan fingerprint density at radius 2 is 2.08 bits per heavy atom. The Hall–Kier alpha value is -1.85. The number of imide groups is 1. The van der Waals surface area contributed by atoms with Crippen LogP contribution in [0.5, 0.6) is 0 Å². The van der Waals surface area contributed by atoms with Crippen LogP contribution >= 0.6 is 0 Å². The van der Waals surface area contributed by atoms with Crippen molar-refractivity contribution in [2.24, 2.45) is 0 Å². The summed E-state index contributed by atoms with van der Waals surface area (Å²) < 4.78 is 0. The van der Waals surface area contributed by atoms with Crippen LogP contribution in [0.3, 0.4) is 0 Å². The normalized spacial score (nSPS) is 19.2. The Morgan fingerprint density at radius 1 is 1.42 bits per heavy atom. The van der Waals surface area contributed by atoms with Crippen molar-refractivity contribution in [3.05, 3.63) is 11.8 Å². The van der Waals surface area contributed by atoms with Gasteiger partial charge in [-0.05, 0) is 6.08 Å². The molecule has 1 aliphatic rings. The number of amides is 3. The molecule has 3 N–H and O–H groups in total. The molecule has 1 rings (SSSR count). The van der Waals surface area contributed by atoms with Crippen LogP contribution < -0.4 is 10.6 Å². The molecule has 1 aliphatic heterocycles. The fourth-order valence-electron chi connectivity index (χ4n) is 0.714. The van der Waals surface area contributed by atoms with E-state index in [1.807, 2.05) is 5.32 Å². The topological polar surface area (TPSA) is 95.5 Å². The quantitative estimate of drug-likeness (QED) is 0.373. The highest BCUT2D eigenvalue weighted by molar-refractivity contribution is 6.11. The standard InChI is InChI=1S/C6H6N2O4/c9-4(10)2-1-3-5(11)8-6(12)7-3/h1H,2H2,(H,9,10)(H2,7,8,11,12). The Kier molecular flexibility index (Phi) is 2.09. The minimum absolute atomic E-state index is 0.0117. The highest BCUT2D eigenvalue weighted by atomic mass is 16.4. The molecule has 6 heteroatoms. The average Bonchev–Trinajstić information content (AvgIpc) is 2.26. The maximum Gasteiger partial charge on any atom is 0.326 e. The number of hydrogen-bond acceptors (Lipinski definition) is 3. The van der Waals surface area contributed by atoms with Gasteiger partial charge in [-0.3, -0.25) is 14.9 Å². The van der Waals surface area contributed by atoms with Gasteiger partial charge in [0.15, 0.2) is 0 Å². The lowest BCUT2D eigenvalue weighted by molar-refractivity contribution is -0.136. The molecule has 1 fully saturated rings. The summed E-state index contributed by atoms with van der Waals surface area (Å²) in [6, 6.07) is -0.628. The van der Waals surface area contributed by atoms with E-state index < -0.39 is 17.9 Å². The van der Waals surface area contributed by atoms with Crippen LogP contribution in [0.1, 0.15) is 6.42 Å². The summed E-state index contributed by atoms with van der Waals surface area (Å²) in [5.41, 5.74) is -0.0117. The maximum atomic E-state index is 10.7. The third-order valence-corrected chi connectivity index (χ3v) is 1.20. The van der Waals surface area contributed by atoms with Crippen molar-refractivity contribution in [1.29, 1.82) is 0 Å². The van der Waals surface area contributed by atoms with Crippen LogP contribution in [-0.2, 0) is 9.59 Å². The Balaban J connectivity index is 2.63. The lowest BCUT2D eigenvalue weighted by Crippen LogP contribution is -2.22. The minimum atomic E-state index is -1.06. The van der Waals surface area contributed by atoms with E-state index in [9.17, 15) is 14.4 Å². The molecule has 0 saturated carbocycles. The van der Waals surface area contributed by atoms with Crippen molar-refractivity contribution < 1.29 is 19.5 Å². The zero-order valence-corrected chi connectivity index (χ0v) is 5.96. The molecule has 0 unspecified atom stereocenters. The number of urea groups is 1. The van der Waals surface area contributed by atoms with Gasteiger partial charge in [0, 0.05) is 0 Å². The van der Waals surface area contributed by atoms with Crippen molar-refractivity contribution in [1.82, 2.24) is 10.6 Å². The molecule has 0 aromatic heterocycles. The van der Waals surface area contributed by atoms with Gasteiger partial charge in [-0.25, -0.2) is 4.79 Å². The van der Waals surface area contributed by atoms with Crippen molar-refractivity contribution in [2.75, 3.05) is 0 Å². The number of carboxylic acids is 1. The van der Waals surface area contributed by atoms with E-state index in [0.29, 0.717) is 0 Å². The van der Waals surface area contributed by atoms with E-state index in [0.717, 1.165) is 6.08 Å². The summed E-state index contributed by atoms with van der Waals surface area (Å²) in [6.45, 7) is 0. The summed E-state index contributed by atoms with van der Waals surface area (Å²) in [5, 5.41) is 12.3. The molecule has 1 heterocycles. The molecule has 0 bridgehead atoms. The fraction of sp³-hybridized carbons (Fsp3) is 0.167. The van der Waals surface area contributed by atoms with E-state index >= 15 is 0 Å². The monoisotopic (exact) mass is 170 g/mol. The first-order valence-corrected chi connectivity index (χ1v) is 3.14. The van der Waals surface area contributed by atoms with Crippen molar-refractivity contribution >= 4 is 17.9 Å². The lowest BCUT2D eigenvalue weighted by Gasteiger charge is -1.89. The largest absolute Gasteiger partial charge is 0.481 e. The van der Waals surface area contributed by atoms with Gasteiger partial charge in [0.25, 0.3) is 5.91 Å². The lowest BCUT2D eigenvalue weighted by atomic mass is 10.3. The summed E-state index contributed by atoms with van der Waals surface area (Å²) in [4.78, 5) is 31.3. The maximum absolute atomic E-state index is 10.7. The van der Waals surface area contributed by atoms with Crippen LogP contribution in [0, 0.1) is 0 Å². The number of hydrogen-bond donors (Lipinski definition) is 3. The SMILES string of the molecule is O=C(O)CC=C1NC(=O)NC1=O. The predicted molar refractivity (Wildman–Crippen MR) is 37.0 cm³/mol. The second kappa shape index (κ2) is 3.04. The zero-order chi connectivity index (χ0) is 9.14. The molecule has 0 spiro atoms. The summed E-state index contributed by atoms with van der Waals surface area (Å²) in [7, 11) is 0. The third kappa shape index (κ3) is 1.82. The van der Waals surface area contributed by atoms with E-state index in [1.165, 1.54) is 0 Å². The number of carbonyl (C=O) groups excluding carboxylic acids is 2. The molecule has 64 valence electrons. The van der Waals surface area contributed by atoms with Gasteiger partial charge in [0.2, 0.25) is 0 Å². The van der Waals surface area contributed by atoms with E-state index in [2.05, 4.69) is 5.32 Å². The van der Waals surface area contributed by atoms with Crippen molar-refractivity contribution in [2.45, 2.75) is 6.42 Å². The van der Waals surface area contributed by atoms with Crippen LogP contribution in [0.4, 0.5) is 4.79 Å². The molecule has 0 aliphatic carbocycles. The second-order valence-electron chi connectivity index (χ2n) is 2.12. The van der Waals surface area contributed by atoms with Gasteiger partial charge in [-0.2, -0.15) is 0 Å². The minimum Gasteiger partial charge on any atom is -0.481 e. The Bertz CT molecular complexity index is 281. The van der Waals surface area contributed by atoms with Gasteiger partial charge in [0.1, 0.15) is 5.70 Å². The fourth-order valence-corrected chi connectivity index (χ4v) is 0.714. The number of nitrogens with one attached hydrogen (secondary N) is 2. The van der Waals surface area contributed by atoms with Crippen LogP contribution in [-0.4, -0.2) is 23.0 Å². The van der Waals surface area contributed by atoms with Gasteiger partial charge in [-0.15, -0.1) is 0 Å². The Labute approximate surface area is 67.2 Å². The van der Waals surface area contributed by atoms with Gasteiger partial charge in [-0.1, -0.05) is 0 Å². The van der Waals surface area contributed by atoms with Crippen molar-refractivity contribution in [3.8, 4) is 0 Å². The van der Waals surface area contributed by atoms with Crippen LogP contribution in [0.15, 0.2) is 11.8 Å². The van der Waals surface area contributed by atoms with Crippen LogP contribution in [0.25, 0.3) is 0 Å². The number of rotatable bonds is 2. The molecule has 0 atom stereocenters. The van der Waals surface area contributed by atoms with E-state index in [1.54, 1.807) is 0 Å². The second-order valence-corrected chi connectivity index (χ2v) is 2.12. The molecule has 3 amide bonds. The summed E-state index contributed by atoms with van der Waals surface area (Å²) >= 11 is 0. The summed E-state index contributed by atoms with van der Waals surface area (Å²) in [6.07, 6.45) is 0.853. The van der Waals surface area contributed by atoms with Crippen LogP contribution in [0.2, 0.25) is 0 Å². The first-order valence-electron chi connectivity index (χ1n) is 3.14. The molecule has 12 heavy (non-hydrogen) atoms. The molecule has 0 aromatic rings. The first kappa shape index (κ1) is 8.25. The smallest absolute Gasteiger partial charge is 0.326 e. The van der Waals surface area contributed by atoms with Gasteiger partial charge >= 0.3 is 12.0 Å². The molecular formula is C6H6N2O4. The molecule has 1 saturated heterocycles. The average molecular weight is 170 g/mol. The molecule has 0 radical (unpaired) electrons. The predicted octanol–water partition coefficient (Wildman–Crippen LogP) is -0.816.